The first-order valence-corrected chi connectivity index (χ1v) is 14.4. The number of hydrogen-bond acceptors (Lipinski definition) is 10. The zero-order valence-corrected chi connectivity index (χ0v) is 23.1. The third-order valence-corrected chi connectivity index (χ3v) is 7.80. The van der Waals surface area contributed by atoms with Crippen LogP contribution in [0.5, 0.6) is 11.5 Å². The smallest absolute Gasteiger partial charge is 0.395 e. The molecule has 12 nitrogen and oxygen atoms in total. The zero-order valence-electron chi connectivity index (χ0n) is 22.2. The van der Waals surface area contributed by atoms with Gasteiger partial charge in [0.2, 0.25) is 5.75 Å². The van der Waals surface area contributed by atoms with Crippen LogP contribution in [0.2, 0.25) is 0 Å². The molecule has 6 atom stereocenters. The molecule has 0 amide bonds. The highest BCUT2D eigenvalue weighted by molar-refractivity contribution is 7.34. The summed E-state index contributed by atoms with van der Waals surface area (Å²) in [4.78, 5) is 50.8. The van der Waals surface area contributed by atoms with Crippen molar-refractivity contribution >= 4 is 14.1 Å². The third-order valence-electron chi connectivity index (χ3n) is 6.98. The van der Waals surface area contributed by atoms with Crippen molar-refractivity contribution in [3.8, 4) is 11.5 Å². The number of rotatable bonds is 10. The first kappa shape index (κ1) is 29.9. The summed E-state index contributed by atoms with van der Waals surface area (Å²) in [5.41, 5.74) is -3.95. The maximum absolute atomic E-state index is 15.4. The Hall–Kier alpha value is -3.12. The van der Waals surface area contributed by atoms with Crippen molar-refractivity contribution in [1.82, 2.24) is 9.55 Å². The molecule has 1 aromatic heterocycles. The number of hydrogen-bond donors (Lipinski definition) is 2. The number of carbonyl (C=O) groups is 1. The number of aliphatic hydroxyl groups is 1. The number of aromatic nitrogens is 2. The molecule has 40 heavy (non-hydrogen) atoms. The number of aromatic amines is 1. The number of alkyl halides is 1. The van der Waals surface area contributed by atoms with Gasteiger partial charge in [-0.15, -0.1) is 0 Å². The van der Waals surface area contributed by atoms with Gasteiger partial charge in [-0.05, 0) is 51.2 Å². The van der Waals surface area contributed by atoms with Gasteiger partial charge in [-0.2, -0.15) is 0 Å². The monoisotopic (exact) mass is 581 g/mol. The Morgan fingerprint density at radius 1 is 1.27 bits per heavy atom. The molecule has 1 unspecified atom stereocenters. The first-order chi connectivity index (χ1) is 19.1. The molecule has 0 bridgehead atoms. The van der Waals surface area contributed by atoms with E-state index in [0.29, 0.717) is 0 Å². The molecule has 4 rings (SSSR count). The van der Waals surface area contributed by atoms with E-state index in [1.165, 1.54) is 12.1 Å². The Labute approximate surface area is 230 Å². The third kappa shape index (κ3) is 6.95. The van der Waals surface area contributed by atoms with Gasteiger partial charge in [0.1, 0.15) is 24.9 Å². The fourth-order valence-corrected chi connectivity index (χ4v) is 5.57. The first-order valence-electron chi connectivity index (χ1n) is 13.2. The second kappa shape index (κ2) is 13.0. The summed E-state index contributed by atoms with van der Waals surface area (Å²) in [5.74, 6) is -0.379. The molecule has 2 aromatic rings. The van der Waals surface area contributed by atoms with Gasteiger partial charge in [0.15, 0.2) is 23.7 Å². The van der Waals surface area contributed by atoms with E-state index in [9.17, 15) is 24.4 Å². The largest absolute Gasteiger partial charge is 0.575 e. The normalized spacial score (nSPS) is 26.3. The zero-order chi connectivity index (χ0) is 28.9. The fraction of sp³-hybridized carbons (Fsp3) is 0.577. The van der Waals surface area contributed by atoms with Crippen molar-refractivity contribution in [2.45, 2.75) is 88.6 Å². The number of para-hydroxylation sites is 2. The van der Waals surface area contributed by atoms with Crippen LogP contribution in [0.15, 0.2) is 50.9 Å². The molecule has 2 heterocycles. The molecule has 1 aliphatic carbocycles. The molecular weight excluding hydrogens is 548 g/mol. The van der Waals surface area contributed by atoms with Crippen LogP contribution in [0.4, 0.5) is 4.39 Å². The van der Waals surface area contributed by atoms with E-state index >= 15 is 4.39 Å². The van der Waals surface area contributed by atoms with Crippen molar-refractivity contribution < 1.29 is 37.9 Å². The summed E-state index contributed by atoms with van der Waals surface area (Å²) in [7, 11) is -2.68. The highest BCUT2D eigenvalue weighted by Gasteiger charge is 2.55. The maximum Gasteiger partial charge on any atom is 0.395 e. The molecule has 1 aromatic carbocycles. The highest BCUT2D eigenvalue weighted by atomic mass is 31.1. The maximum atomic E-state index is 15.4. The van der Waals surface area contributed by atoms with Gasteiger partial charge in [0, 0.05) is 12.3 Å². The predicted molar refractivity (Wildman–Crippen MR) is 140 cm³/mol. The van der Waals surface area contributed by atoms with Gasteiger partial charge >= 0.3 is 19.8 Å². The quantitative estimate of drug-likeness (QED) is 0.317. The van der Waals surface area contributed by atoms with E-state index in [4.69, 9.17) is 18.7 Å². The molecule has 218 valence electrons. The van der Waals surface area contributed by atoms with Crippen LogP contribution in [-0.2, 0) is 14.3 Å². The van der Waals surface area contributed by atoms with Crippen molar-refractivity contribution in [3.05, 3.63) is 57.4 Å². The lowest BCUT2D eigenvalue weighted by atomic mass is 9.98. The fourth-order valence-electron chi connectivity index (χ4n) is 4.72. The Morgan fingerprint density at radius 2 is 1.98 bits per heavy atom. The summed E-state index contributed by atoms with van der Waals surface area (Å²) < 4.78 is 42.6. The molecule has 0 radical (unpaired) electrons. The van der Waals surface area contributed by atoms with E-state index in [-0.39, 0.29) is 30.6 Å². The number of halogens is 1. The Balaban J connectivity index is 1.41. The predicted octanol–water partition coefficient (Wildman–Crippen LogP) is 2.49. The van der Waals surface area contributed by atoms with Crippen LogP contribution in [0.1, 0.15) is 58.6 Å². The van der Waals surface area contributed by atoms with E-state index in [1.807, 2.05) is 4.98 Å². The van der Waals surface area contributed by atoms with E-state index in [1.54, 1.807) is 19.1 Å². The lowest BCUT2D eigenvalue weighted by Crippen LogP contribution is -2.43. The summed E-state index contributed by atoms with van der Waals surface area (Å²) >= 11 is 0. The number of carbonyl (C=O) groups excluding carboxylic acids is 1. The molecule has 1 saturated carbocycles. The minimum atomic E-state index is -2.68. The van der Waals surface area contributed by atoms with Crippen molar-refractivity contribution in [1.29, 1.82) is 0 Å². The van der Waals surface area contributed by atoms with Crippen LogP contribution in [0.25, 0.3) is 0 Å². The number of H-pyrrole nitrogens is 1. The van der Waals surface area contributed by atoms with E-state index < -0.39 is 55.5 Å². The second-order valence-corrected chi connectivity index (χ2v) is 10.9. The van der Waals surface area contributed by atoms with Crippen molar-refractivity contribution in [2.24, 2.45) is 4.74 Å². The van der Waals surface area contributed by atoms with Crippen molar-refractivity contribution in [2.75, 3.05) is 6.61 Å². The lowest BCUT2D eigenvalue weighted by molar-refractivity contribution is -0.170. The van der Waals surface area contributed by atoms with Gasteiger partial charge in [0.05, 0.1) is 0 Å². The van der Waals surface area contributed by atoms with Gasteiger partial charge in [-0.1, -0.05) is 30.2 Å². The minimum absolute atomic E-state index is 0.0479. The average molecular weight is 582 g/mol. The number of nitrogens with one attached hydrogen (secondary N) is 1. The Kier molecular flexibility index (Phi) is 9.72. The van der Waals surface area contributed by atoms with Gasteiger partial charge in [-0.3, -0.25) is 18.9 Å². The van der Waals surface area contributed by atoms with Crippen LogP contribution in [-0.4, -0.2) is 57.3 Å². The van der Waals surface area contributed by atoms with Crippen LogP contribution in [0.3, 0.4) is 0 Å². The second-order valence-electron chi connectivity index (χ2n) is 9.96. The average Bonchev–Trinajstić information content (AvgIpc) is 3.15. The number of benzene rings is 1. The summed E-state index contributed by atoms with van der Waals surface area (Å²) in [6, 6.07) is 6.31. The van der Waals surface area contributed by atoms with Crippen molar-refractivity contribution in [3.63, 3.8) is 0 Å². The molecule has 0 spiro atoms. The molecule has 1 saturated heterocycles. The summed E-state index contributed by atoms with van der Waals surface area (Å²) in [6.45, 7) is 2.46. The lowest BCUT2D eigenvalue weighted by Gasteiger charge is -2.24. The Morgan fingerprint density at radius 3 is 2.65 bits per heavy atom. The topological polar surface area (TPSA) is 164 Å². The number of aliphatic hydroxyl groups excluding tert-OH is 1. The van der Waals surface area contributed by atoms with Gasteiger partial charge in [0.25, 0.3) is 5.56 Å². The van der Waals surface area contributed by atoms with E-state index in [0.717, 1.165) is 55.9 Å². The number of ether oxygens (including phenoxy) is 3. The standard InChI is InChI=1S/C26H33FN3O9P/c1-3-17(23(33)37-16-9-5-4-6-10-16)29-40(35)39-19-12-8-7-11-18(19)36-15-20-22(32)26(2,27)24(38-20)30-14-13-21(31)28-25(30)34/h7-8,11-14,16-17,20,22,24,32H,3-6,9-10,15H2,1-2H3,(H,28,31,34)/t17-,20+,22+,24+,26+/m0/s1. The summed E-state index contributed by atoms with van der Waals surface area (Å²) in [6.07, 6.45) is 1.52. The Bertz CT molecular complexity index is 1320. The highest BCUT2D eigenvalue weighted by Crippen LogP contribution is 2.41. The molecule has 2 N–H and O–H groups in total. The van der Waals surface area contributed by atoms with Gasteiger partial charge < -0.3 is 24.2 Å². The molecule has 14 heteroatoms. The van der Waals surface area contributed by atoms with Crippen LogP contribution < -0.4 is 25.4 Å². The van der Waals surface area contributed by atoms with Crippen LogP contribution >= 0.6 is 8.17 Å². The molecule has 2 fully saturated rings. The number of nitrogens with zero attached hydrogens (tertiary/aromatic N) is 2. The van der Waals surface area contributed by atoms with Gasteiger partial charge in [-0.25, -0.2) is 14.0 Å². The van der Waals surface area contributed by atoms with Crippen LogP contribution in [0, 0.1) is 0 Å². The summed E-state index contributed by atoms with van der Waals surface area (Å²) in [5, 5.41) is 10.6. The van der Waals surface area contributed by atoms with E-state index in [2.05, 4.69) is 4.74 Å². The molecule has 2 aliphatic rings. The molecule has 1 aliphatic heterocycles. The number of esters is 1. The SMILES string of the molecule is CC[C@H](/N=[P+](\[O-])Oc1ccccc1OC[C@H]1O[C@@H](n2ccc(=O)[nH]c2=O)[C@](C)(F)[C@@H]1O)C(=O)OC1CCCCC1. The molecular formula is C26H33FN3O9P. The minimum Gasteiger partial charge on any atom is -0.575 e.